The van der Waals surface area contributed by atoms with E-state index in [0.717, 1.165) is 6.54 Å². The molecule has 0 aromatic heterocycles. The summed E-state index contributed by atoms with van der Waals surface area (Å²) in [7, 11) is 0. The van der Waals surface area contributed by atoms with Crippen LogP contribution in [0.3, 0.4) is 0 Å². The standard InChI is InChI=1S/C18H22N2S/c1-21-18-10-4-15(5-11-18)14-19-16-6-8-17(9-7-16)20-12-2-3-13-20/h4-11,19H,2-3,12-14H2,1H3. The molecule has 0 amide bonds. The molecule has 3 rings (SSSR count). The van der Waals surface area contributed by atoms with E-state index in [0.29, 0.717) is 0 Å². The molecular formula is C18H22N2S. The van der Waals surface area contributed by atoms with Crippen molar-refractivity contribution in [1.29, 1.82) is 0 Å². The van der Waals surface area contributed by atoms with Gasteiger partial charge in [0, 0.05) is 35.9 Å². The van der Waals surface area contributed by atoms with Gasteiger partial charge in [-0.1, -0.05) is 12.1 Å². The maximum Gasteiger partial charge on any atom is 0.0400 e. The molecule has 1 saturated heterocycles. The Morgan fingerprint density at radius 2 is 1.62 bits per heavy atom. The van der Waals surface area contributed by atoms with Crippen molar-refractivity contribution in [1.82, 2.24) is 0 Å². The van der Waals surface area contributed by atoms with Gasteiger partial charge in [-0.25, -0.2) is 0 Å². The van der Waals surface area contributed by atoms with Crippen molar-refractivity contribution in [2.75, 3.05) is 29.6 Å². The van der Waals surface area contributed by atoms with Crippen LogP contribution in [-0.2, 0) is 6.54 Å². The highest BCUT2D eigenvalue weighted by atomic mass is 32.2. The fourth-order valence-corrected chi connectivity index (χ4v) is 3.12. The van der Waals surface area contributed by atoms with E-state index in [1.54, 1.807) is 11.8 Å². The van der Waals surface area contributed by atoms with Gasteiger partial charge in [-0.15, -0.1) is 11.8 Å². The Labute approximate surface area is 131 Å². The van der Waals surface area contributed by atoms with Crippen LogP contribution in [0.2, 0.25) is 0 Å². The molecule has 110 valence electrons. The van der Waals surface area contributed by atoms with Crippen LogP contribution in [-0.4, -0.2) is 19.3 Å². The summed E-state index contributed by atoms with van der Waals surface area (Å²) in [6.07, 6.45) is 4.76. The summed E-state index contributed by atoms with van der Waals surface area (Å²) >= 11 is 1.78. The average Bonchev–Trinajstić information content (AvgIpc) is 3.08. The third-order valence-electron chi connectivity index (χ3n) is 3.99. The quantitative estimate of drug-likeness (QED) is 0.811. The summed E-state index contributed by atoms with van der Waals surface area (Å²) in [4.78, 5) is 3.78. The summed E-state index contributed by atoms with van der Waals surface area (Å²) in [6.45, 7) is 3.28. The summed E-state index contributed by atoms with van der Waals surface area (Å²) in [5.41, 5.74) is 3.85. The molecule has 0 spiro atoms. The molecule has 2 nitrogen and oxygen atoms in total. The van der Waals surface area contributed by atoms with E-state index in [1.807, 2.05) is 0 Å². The monoisotopic (exact) mass is 298 g/mol. The number of hydrogen-bond donors (Lipinski definition) is 1. The lowest BCUT2D eigenvalue weighted by Crippen LogP contribution is -2.17. The van der Waals surface area contributed by atoms with E-state index >= 15 is 0 Å². The molecule has 0 aliphatic carbocycles. The Hall–Kier alpha value is -1.61. The molecule has 2 aromatic carbocycles. The molecule has 3 heteroatoms. The second kappa shape index (κ2) is 6.90. The maximum absolute atomic E-state index is 3.49. The normalized spacial score (nSPS) is 14.4. The van der Waals surface area contributed by atoms with E-state index in [-0.39, 0.29) is 0 Å². The zero-order valence-corrected chi connectivity index (χ0v) is 13.3. The van der Waals surface area contributed by atoms with Crippen molar-refractivity contribution in [2.24, 2.45) is 0 Å². The van der Waals surface area contributed by atoms with E-state index in [1.165, 1.54) is 47.8 Å². The van der Waals surface area contributed by atoms with Gasteiger partial charge < -0.3 is 10.2 Å². The van der Waals surface area contributed by atoms with Gasteiger partial charge in [-0.3, -0.25) is 0 Å². The zero-order chi connectivity index (χ0) is 14.5. The number of thioether (sulfide) groups is 1. The third-order valence-corrected chi connectivity index (χ3v) is 4.74. The fourth-order valence-electron chi connectivity index (χ4n) is 2.71. The molecule has 0 saturated carbocycles. The number of hydrogen-bond acceptors (Lipinski definition) is 3. The summed E-state index contributed by atoms with van der Waals surface area (Å²) < 4.78 is 0. The topological polar surface area (TPSA) is 15.3 Å². The largest absolute Gasteiger partial charge is 0.381 e. The number of nitrogens with zero attached hydrogens (tertiary/aromatic N) is 1. The lowest BCUT2D eigenvalue weighted by Gasteiger charge is -2.18. The van der Waals surface area contributed by atoms with E-state index < -0.39 is 0 Å². The lowest BCUT2D eigenvalue weighted by atomic mass is 10.2. The Bertz CT molecular complexity index is 557. The molecule has 0 atom stereocenters. The highest BCUT2D eigenvalue weighted by Crippen LogP contribution is 2.22. The summed E-state index contributed by atoms with van der Waals surface area (Å²) in [5, 5.41) is 3.49. The number of benzene rings is 2. The van der Waals surface area contributed by atoms with Gasteiger partial charge in [0.1, 0.15) is 0 Å². The SMILES string of the molecule is CSc1ccc(CNc2ccc(N3CCCC3)cc2)cc1. The van der Waals surface area contributed by atoms with Gasteiger partial charge in [0.15, 0.2) is 0 Å². The van der Waals surface area contributed by atoms with Crippen molar-refractivity contribution in [3.63, 3.8) is 0 Å². The van der Waals surface area contributed by atoms with Crippen LogP contribution in [0.25, 0.3) is 0 Å². The summed E-state index contributed by atoms with van der Waals surface area (Å²) in [5.74, 6) is 0. The second-order valence-electron chi connectivity index (χ2n) is 5.44. The van der Waals surface area contributed by atoms with Crippen molar-refractivity contribution >= 4 is 23.1 Å². The molecular weight excluding hydrogens is 276 g/mol. The number of anilines is 2. The van der Waals surface area contributed by atoms with Crippen molar-refractivity contribution in [3.8, 4) is 0 Å². The average molecular weight is 298 g/mol. The van der Waals surface area contributed by atoms with Gasteiger partial charge in [0.2, 0.25) is 0 Å². The predicted octanol–water partition coefficient (Wildman–Crippen LogP) is 4.62. The van der Waals surface area contributed by atoms with Crippen LogP contribution in [0.4, 0.5) is 11.4 Å². The first kappa shape index (κ1) is 14.3. The first-order valence-electron chi connectivity index (χ1n) is 7.57. The Morgan fingerprint density at radius 1 is 0.952 bits per heavy atom. The first-order chi connectivity index (χ1) is 10.3. The molecule has 1 N–H and O–H groups in total. The van der Waals surface area contributed by atoms with Crippen LogP contribution in [0.15, 0.2) is 53.4 Å². The highest BCUT2D eigenvalue weighted by Gasteiger charge is 2.11. The van der Waals surface area contributed by atoms with Crippen molar-refractivity contribution in [3.05, 3.63) is 54.1 Å². The van der Waals surface area contributed by atoms with Crippen molar-refractivity contribution in [2.45, 2.75) is 24.3 Å². The molecule has 0 unspecified atom stereocenters. The Morgan fingerprint density at radius 3 is 2.24 bits per heavy atom. The number of rotatable bonds is 5. The van der Waals surface area contributed by atoms with Gasteiger partial charge in [-0.2, -0.15) is 0 Å². The Balaban J connectivity index is 1.57. The molecule has 1 fully saturated rings. The van der Waals surface area contributed by atoms with E-state index in [4.69, 9.17) is 0 Å². The molecule has 1 aliphatic rings. The van der Waals surface area contributed by atoms with Crippen molar-refractivity contribution < 1.29 is 0 Å². The molecule has 2 aromatic rings. The van der Waals surface area contributed by atoms with Gasteiger partial charge in [0.25, 0.3) is 0 Å². The van der Waals surface area contributed by atoms with Gasteiger partial charge in [0.05, 0.1) is 0 Å². The minimum atomic E-state index is 0.873. The van der Waals surface area contributed by atoms with E-state index in [9.17, 15) is 0 Å². The highest BCUT2D eigenvalue weighted by molar-refractivity contribution is 7.98. The maximum atomic E-state index is 3.49. The smallest absolute Gasteiger partial charge is 0.0400 e. The molecule has 21 heavy (non-hydrogen) atoms. The number of nitrogens with one attached hydrogen (secondary N) is 1. The lowest BCUT2D eigenvalue weighted by molar-refractivity contribution is 0.949. The fraction of sp³-hybridized carbons (Fsp3) is 0.333. The summed E-state index contributed by atoms with van der Waals surface area (Å²) in [6, 6.07) is 17.6. The minimum absolute atomic E-state index is 0.873. The van der Waals surface area contributed by atoms with Gasteiger partial charge in [-0.05, 0) is 61.1 Å². The first-order valence-corrected chi connectivity index (χ1v) is 8.79. The van der Waals surface area contributed by atoms with Crippen LogP contribution in [0.5, 0.6) is 0 Å². The third kappa shape index (κ3) is 3.73. The molecule has 0 bridgehead atoms. The van der Waals surface area contributed by atoms with Crippen LogP contribution < -0.4 is 10.2 Å². The van der Waals surface area contributed by atoms with Gasteiger partial charge >= 0.3 is 0 Å². The minimum Gasteiger partial charge on any atom is -0.381 e. The molecule has 0 radical (unpaired) electrons. The molecule has 1 aliphatic heterocycles. The second-order valence-corrected chi connectivity index (χ2v) is 6.32. The van der Waals surface area contributed by atoms with Crippen LogP contribution >= 0.6 is 11.8 Å². The van der Waals surface area contributed by atoms with Crippen LogP contribution in [0, 0.1) is 0 Å². The molecule has 1 heterocycles. The van der Waals surface area contributed by atoms with Crippen LogP contribution in [0.1, 0.15) is 18.4 Å². The Kier molecular flexibility index (Phi) is 4.71. The zero-order valence-electron chi connectivity index (χ0n) is 12.5. The predicted molar refractivity (Wildman–Crippen MR) is 93.4 cm³/mol. The van der Waals surface area contributed by atoms with E-state index in [2.05, 4.69) is 65.0 Å².